The lowest BCUT2D eigenvalue weighted by atomic mass is 10.2. The van der Waals surface area contributed by atoms with E-state index in [0.717, 1.165) is 0 Å². The Morgan fingerprint density at radius 2 is 2.12 bits per heavy atom. The van der Waals surface area contributed by atoms with Gasteiger partial charge in [0.1, 0.15) is 22.8 Å². The van der Waals surface area contributed by atoms with Gasteiger partial charge in [-0.1, -0.05) is 11.2 Å². The summed E-state index contributed by atoms with van der Waals surface area (Å²) in [6.07, 6.45) is 0. The molecule has 0 radical (unpaired) electrons. The minimum Gasteiger partial charge on any atom is -0.461 e. The van der Waals surface area contributed by atoms with Crippen LogP contribution in [0.5, 0.6) is 0 Å². The molecule has 0 aliphatic heterocycles. The largest absolute Gasteiger partial charge is 0.461 e. The molecule has 3 rings (SSSR count). The minimum atomic E-state index is -0.637. The number of benzene rings is 1. The van der Waals surface area contributed by atoms with Crippen molar-refractivity contribution in [3.05, 3.63) is 41.1 Å². The molecule has 1 aromatic carbocycles. The zero-order valence-electron chi connectivity index (χ0n) is 13.4. The molecule has 1 N–H and O–H groups in total. The van der Waals surface area contributed by atoms with Crippen molar-refractivity contribution in [1.29, 1.82) is 0 Å². The van der Waals surface area contributed by atoms with Crippen molar-refractivity contribution >= 4 is 28.6 Å². The van der Waals surface area contributed by atoms with Crippen molar-refractivity contribution in [3.8, 4) is 0 Å². The maximum atomic E-state index is 13.7. The number of nitrogens with one attached hydrogen (secondary N) is 1. The number of carbonyl (C=O) groups excluding carboxylic acids is 1. The van der Waals surface area contributed by atoms with Gasteiger partial charge in [-0.15, -0.1) is 0 Å². The highest BCUT2D eigenvalue weighted by atomic mass is 19.1. The van der Waals surface area contributed by atoms with Crippen LogP contribution in [0.25, 0.3) is 11.1 Å². The highest BCUT2D eigenvalue weighted by Crippen LogP contribution is 2.28. The summed E-state index contributed by atoms with van der Waals surface area (Å²) in [5, 5.41) is 6.99. The van der Waals surface area contributed by atoms with Crippen LogP contribution in [0.15, 0.2) is 22.7 Å². The lowest BCUT2D eigenvalue weighted by Gasteiger charge is -2.08. The van der Waals surface area contributed by atoms with Gasteiger partial charge in [-0.2, -0.15) is 4.98 Å². The Hall–Kier alpha value is -3.03. The van der Waals surface area contributed by atoms with Crippen LogP contribution in [0.4, 0.5) is 15.9 Å². The Kier molecular flexibility index (Phi) is 4.11. The number of hydrogen-bond acceptors (Lipinski definition) is 7. The Morgan fingerprint density at radius 3 is 2.83 bits per heavy atom. The molecule has 0 fully saturated rings. The fourth-order valence-electron chi connectivity index (χ4n) is 2.20. The first-order valence-electron chi connectivity index (χ1n) is 7.34. The fourth-order valence-corrected chi connectivity index (χ4v) is 2.20. The zero-order valence-corrected chi connectivity index (χ0v) is 13.4. The third-order valence-corrected chi connectivity index (χ3v) is 3.35. The van der Waals surface area contributed by atoms with Gasteiger partial charge >= 0.3 is 5.97 Å². The molecule has 0 amide bonds. The van der Waals surface area contributed by atoms with E-state index in [1.165, 1.54) is 6.07 Å². The molecule has 124 valence electrons. The summed E-state index contributed by atoms with van der Waals surface area (Å²) in [5.74, 6) is -0.269. The molecule has 2 aromatic heterocycles. The van der Waals surface area contributed by atoms with Crippen LogP contribution >= 0.6 is 0 Å². The Labute approximate surface area is 136 Å². The second-order valence-electron chi connectivity index (χ2n) is 5.14. The van der Waals surface area contributed by atoms with Crippen molar-refractivity contribution < 1.29 is 18.4 Å². The van der Waals surface area contributed by atoms with Crippen LogP contribution in [-0.4, -0.2) is 27.7 Å². The van der Waals surface area contributed by atoms with E-state index in [1.54, 1.807) is 32.9 Å². The number of anilines is 2. The first-order chi connectivity index (χ1) is 11.5. The molecule has 0 spiro atoms. The van der Waals surface area contributed by atoms with Gasteiger partial charge < -0.3 is 14.6 Å². The molecule has 3 aromatic rings. The Morgan fingerprint density at radius 1 is 1.33 bits per heavy atom. The monoisotopic (exact) mass is 330 g/mol. The van der Waals surface area contributed by atoms with Crippen LogP contribution < -0.4 is 5.32 Å². The normalized spacial score (nSPS) is 10.8. The van der Waals surface area contributed by atoms with Gasteiger partial charge in [0.15, 0.2) is 0 Å². The van der Waals surface area contributed by atoms with Gasteiger partial charge in [-0.05, 0) is 38.5 Å². The van der Waals surface area contributed by atoms with E-state index in [2.05, 4.69) is 20.4 Å². The number of carbonyl (C=O) groups is 1. The van der Waals surface area contributed by atoms with Crippen LogP contribution in [0.1, 0.15) is 28.8 Å². The molecule has 0 aliphatic rings. The second kappa shape index (κ2) is 6.23. The van der Waals surface area contributed by atoms with Crippen LogP contribution in [0.2, 0.25) is 0 Å². The summed E-state index contributed by atoms with van der Waals surface area (Å²) in [4.78, 5) is 20.4. The zero-order chi connectivity index (χ0) is 17.3. The lowest BCUT2D eigenvalue weighted by Crippen LogP contribution is -2.07. The summed E-state index contributed by atoms with van der Waals surface area (Å²) >= 11 is 0. The number of halogens is 1. The summed E-state index contributed by atoms with van der Waals surface area (Å²) < 4.78 is 23.8. The number of fused-ring (bicyclic) bond motifs is 1. The first kappa shape index (κ1) is 15.9. The second-order valence-corrected chi connectivity index (χ2v) is 5.14. The van der Waals surface area contributed by atoms with Crippen LogP contribution in [-0.2, 0) is 4.74 Å². The fraction of sp³-hybridized carbons (Fsp3) is 0.250. The minimum absolute atomic E-state index is 0.0260. The third kappa shape index (κ3) is 2.90. The highest BCUT2D eigenvalue weighted by molar-refractivity contribution is 6.05. The average Bonchev–Trinajstić information content (AvgIpc) is 2.95. The molecular formula is C16H15FN4O3. The molecule has 0 bridgehead atoms. The quantitative estimate of drug-likeness (QED) is 0.734. The highest BCUT2D eigenvalue weighted by Gasteiger charge is 2.23. The number of rotatable bonds is 4. The predicted molar refractivity (Wildman–Crippen MR) is 84.7 cm³/mol. The molecule has 0 atom stereocenters. The van der Waals surface area contributed by atoms with E-state index in [4.69, 9.17) is 9.26 Å². The van der Waals surface area contributed by atoms with Crippen LogP contribution in [0, 0.1) is 19.7 Å². The number of esters is 1. The van der Waals surface area contributed by atoms with Crippen molar-refractivity contribution in [2.24, 2.45) is 0 Å². The van der Waals surface area contributed by atoms with E-state index in [9.17, 15) is 9.18 Å². The maximum absolute atomic E-state index is 13.7. The predicted octanol–water partition coefficient (Wildman–Crippen LogP) is 3.29. The van der Waals surface area contributed by atoms with E-state index in [1.807, 2.05) is 0 Å². The summed E-state index contributed by atoms with van der Waals surface area (Å²) in [6.45, 7) is 5.23. The van der Waals surface area contributed by atoms with E-state index < -0.39 is 5.97 Å². The Balaban J connectivity index is 2.09. The number of ether oxygens (including phenoxy) is 1. The lowest BCUT2D eigenvalue weighted by molar-refractivity contribution is 0.0517. The first-order valence-corrected chi connectivity index (χ1v) is 7.34. The van der Waals surface area contributed by atoms with Crippen molar-refractivity contribution in [2.75, 3.05) is 11.9 Å². The van der Waals surface area contributed by atoms with Crippen molar-refractivity contribution in [1.82, 2.24) is 15.1 Å². The van der Waals surface area contributed by atoms with Gasteiger partial charge in [0.2, 0.25) is 5.69 Å². The topological polar surface area (TPSA) is 90.1 Å². The number of aryl methyl sites for hydroxylation is 2. The molecule has 24 heavy (non-hydrogen) atoms. The standard InChI is InChI=1S/C16H15FN4O3/c1-4-23-16(22)13-12-14(18-9(3)19-15(12)24-21-13)20-10-6-5-8(2)11(17)7-10/h5-7H,4H2,1-3H3,(H,18,19,20). The van der Waals surface area contributed by atoms with E-state index >= 15 is 0 Å². The molecule has 7 nitrogen and oxygen atoms in total. The molecule has 8 heteroatoms. The van der Waals surface area contributed by atoms with Gasteiger partial charge in [0.25, 0.3) is 5.71 Å². The number of aromatic nitrogens is 3. The molecule has 2 heterocycles. The smallest absolute Gasteiger partial charge is 0.361 e. The maximum Gasteiger partial charge on any atom is 0.361 e. The van der Waals surface area contributed by atoms with Gasteiger partial charge in [0, 0.05) is 5.69 Å². The van der Waals surface area contributed by atoms with Gasteiger partial charge in [-0.25, -0.2) is 14.2 Å². The third-order valence-electron chi connectivity index (χ3n) is 3.35. The SMILES string of the molecule is CCOC(=O)c1noc2nc(C)nc(Nc3ccc(C)c(F)c3)c12. The van der Waals surface area contributed by atoms with Gasteiger partial charge in [0.05, 0.1) is 6.61 Å². The summed E-state index contributed by atoms with van der Waals surface area (Å²) in [6, 6.07) is 4.69. The number of nitrogens with zero attached hydrogens (tertiary/aromatic N) is 3. The molecule has 0 unspecified atom stereocenters. The summed E-state index contributed by atoms with van der Waals surface area (Å²) in [7, 11) is 0. The summed E-state index contributed by atoms with van der Waals surface area (Å²) in [5.41, 5.74) is 1.14. The number of hydrogen-bond donors (Lipinski definition) is 1. The van der Waals surface area contributed by atoms with E-state index in [-0.39, 0.29) is 23.8 Å². The molecular weight excluding hydrogens is 315 g/mol. The molecule has 0 saturated carbocycles. The Bertz CT molecular complexity index is 923. The van der Waals surface area contributed by atoms with Crippen LogP contribution in [0.3, 0.4) is 0 Å². The average molecular weight is 330 g/mol. The van der Waals surface area contributed by atoms with Crippen molar-refractivity contribution in [3.63, 3.8) is 0 Å². The molecule has 0 saturated heterocycles. The molecule has 0 aliphatic carbocycles. The van der Waals surface area contributed by atoms with Gasteiger partial charge in [-0.3, -0.25) is 0 Å². The van der Waals surface area contributed by atoms with Crippen molar-refractivity contribution in [2.45, 2.75) is 20.8 Å². The van der Waals surface area contributed by atoms with E-state index in [0.29, 0.717) is 28.3 Å².